The van der Waals surface area contributed by atoms with Crippen LogP contribution in [0.4, 0.5) is 0 Å². The first kappa shape index (κ1) is 12.9. The summed E-state index contributed by atoms with van der Waals surface area (Å²) in [4.78, 5) is 0. The topological polar surface area (TPSA) is 30.5 Å². The molecule has 1 N–H and O–H groups in total. The molecule has 1 unspecified atom stereocenters. The van der Waals surface area contributed by atoms with Crippen molar-refractivity contribution in [3.63, 3.8) is 0 Å². The van der Waals surface area contributed by atoms with Crippen LogP contribution in [0.1, 0.15) is 31.2 Å². The average molecular weight is 261 g/mol. The lowest BCUT2D eigenvalue weighted by Gasteiger charge is -2.38. The Balaban J connectivity index is 1.85. The molecule has 3 heteroatoms. The molecule has 3 nitrogen and oxygen atoms in total. The molecular formula is C16H23NO2. The fraction of sp³-hybridized carbons (Fsp3) is 0.625. The van der Waals surface area contributed by atoms with E-state index in [1.165, 1.54) is 18.4 Å². The first-order valence-electron chi connectivity index (χ1n) is 7.35. The Bertz CT molecular complexity index is 427. The molecule has 19 heavy (non-hydrogen) atoms. The van der Waals surface area contributed by atoms with Crippen LogP contribution in [0.5, 0.6) is 5.75 Å². The second-order valence-electron chi connectivity index (χ2n) is 5.66. The van der Waals surface area contributed by atoms with Crippen LogP contribution in [0.2, 0.25) is 0 Å². The van der Waals surface area contributed by atoms with E-state index >= 15 is 0 Å². The van der Waals surface area contributed by atoms with Crippen LogP contribution in [0.3, 0.4) is 0 Å². The summed E-state index contributed by atoms with van der Waals surface area (Å²) in [5.41, 5.74) is 1.81. The lowest BCUT2D eigenvalue weighted by atomic mass is 9.69. The third-order valence-corrected chi connectivity index (χ3v) is 4.62. The van der Waals surface area contributed by atoms with Gasteiger partial charge in [-0.15, -0.1) is 0 Å². The largest absolute Gasteiger partial charge is 0.494 e. The van der Waals surface area contributed by atoms with Crippen molar-refractivity contribution in [3.05, 3.63) is 29.8 Å². The standard InChI is InChI=1S/C16H23NO2/c1-2-19-14-5-3-4-13(10-14)15-11-17-12-16(15)6-8-18-9-7-16/h3-5,10,15,17H,2,6-9,11-12H2,1H3. The van der Waals surface area contributed by atoms with Gasteiger partial charge < -0.3 is 14.8 Å². The zero-order valence-corrected chi connectivity index (χ0v) is 11.7. The van der Waals surface area contributed by atoms with Crippen molar-refractivity contribution >= 4 is 0 Å². The molecule has 104 valence electrons. The summed E-state index contributed by atoms with van der Waals surface area (Å²) in [6, 6.07) is 8.63. The van der Waals surface area contributed by atoms with E-state index in [0.717, 1.165) is 38.7 Å². The van der Waals surface area contributed by atoms with Gasteiger partial charge in [0.15, 0.2) is 0 Å². The molecule has 0 bridgehead atoms. The molecule has 1 spiro atoms. The van der Waals surface area contributed by atoms with E-state index < -0.39 is 0 Å². The smallest absolute Gasteiger partial charge is 0.119 e. The Labute approximate surface area is 115 Å². The van der Waals surface area contributed by atoms with Crippen LogP contribution in [-0.4, -0.2) is 32.9 Å². The van der Waals surface area contributed by atoms with Gasteiger partial charge in [0, 0.05) is 32.2 Å². The van der Waals surface area contributed by atoms with Crippen LogP contribution >= 0.6 is 0 Å². The number of ether oxygens (including phenoxy) is 2. The average Bonchev–Trinajstić information content (AvgIpc) is 2.83. The van der Waals surface area contributed by atoms with Crippen LogP contribution in [0.25, 0.3) is 0 Å². The Kier molecular flexibility index (Phi) is 3.76. The summed E-state index contributed by atoms with van der Waals surface area (Å²) in [5.74, 6) is 1.59. The van der Waals surface area contributed by atoms with E-state index in [1.54, 1.807) is 0 Å². The van der Waals surface area contributed by atoms with Crippen molar-refractivity contribution in [2.24, 2.45) is 5.41 Å². The minimum absolute atomic E-state index is 0.392. The van der Waals surface area contributed by atoms with E-state index in [1.807, 2.05) is 13.0 Å². The Hall–Kier alpha value is -1.06. The van der Waals surface area contributed by atoms with Crippen molar-refractivity contribution in [1.29, 1.82) is 0 Å². The lowest BCUT2D eigenvalue weighted by Crippen LogP contribution is -2.35. The van der Waals surface area contributed by atoms with Crippen molar-refractivity contribution in [3.8, 4) is 5.75 Å². The van der Waals surface area contributed by atoms with Crippen LogP contribution in [0, 0.1) is 5.41 Å². The molecule has 1 atom stereocenters. The molecule has 0 amide bonds. The fourth-order valence-corrected chi connectivity index (χ4v) is 3.57. The summed E-state index contributed by atoms with van der Waals surface area (Å²) in [5, 5.41) is 3.59. The molecule has 1 aromatic carbocycles. The Morgan fingerprint density at radius 2 is 2.21 bits per heavy atom. The minimum Gasteiger partial charge on any atom is -0.494 e. The predicted octanol–water partition coefficient (Wildman–Crippen LogP) is 2.57. The molecule has 0 radical (unpaired) electrons. The molecular weight excluding hydrogens is 238 g/mol. The van der Waals surface area contributed by atoms with Crippen molar-refractivity contribution < 1.29 is 9.47 Å². The summed E-state index contributed by atoms with van der Waals surface area (Å²) in [6.07, 6.45) is 2.34. The van der Waals surface area contributed by atoms with Gasteiger partial charge in [0.2, 0.25) is 0 Å². The first-order valence-corrected chi connectivity index (χ1v) is 7.35. The van der Waals surface area contributed by atoms with E-state index in [-0.39, 0.29) is 0 Å². The molecule has 2 heterocycles. The zero-order chi connectivity index (χ0) is 13.1. The van der Waals surface area contributed by atoms with Gasteiger partial charge in [-0.2, -0.15) is 0 Å². The highest BCUT2D eigenvalue weighted by Gasteiger charge is 2.44. The van der Waals surface area contributed by atoms with Crippen LogP contribution in [-0.2, 0) is 4.74 Å². The van der Waals surface area contributed by atoms with Gasteiger partial charge >= 0.3 is 0 Å². The monoisotopic (exact) mass is 261 g/mol. The van der Waals surface area contributed by atoms with Gasteiger partial charge in [0.25, 0.3) is 0 Å². The highest BCUT2D eigenvalue weighted by molar-refractivity contribution is 5.33. The number of hydrogen-bond acceptors (Lipinski definition) is 3. The summed E-state index contributed by atoms with van der Waals surface area (Å²) >= 11 is 0. The van der Waals surface area contributed by atoms with Gasteiger partial charge in [-0.05, 0) is 42.9 Å². The Morgan fingerprint density at radius 3 is 3.00 bits per heavy atom. The molecule has 0 saturated carbocycles. The van der Waals surface area contributed by atoms with Gasteiger partial charge in [-0.25, -0.2) is 0 Å². The minimum atomic E-state index is 0.392. The van der Waals surface area contributed by atoms with Gasteiger partial charge in [0.1, 0.15) is 5.75 Å². The molecule has 2 fully saturated rings. The van der Waals surface area contributed by atoms with Crippen molar-refractivity contribution in [2.75, 3.05) is 32.9 Å². The maximum absolute atomic E-state index is 5.64. The quantitative estimate of drug-likeness (QED) is 0.907. The maximum atomic E-state index is 5.64. The molecule has 2 saturated heterocycles. The third-order valence-electron chi connectivity index (χ3n) is 4.62. The van der Waals surface area contributed by atoms with Gasteiger partial charge in [-0.3, -0.25) is 0 Å². The molecule has 3 rings (SSSR count). The van der Waals surface area contributed by atoms with Crippen molar-refractivity contribution in [2.45, 2.75) is 25.7 Å². The Morgan fingerprint density at radius 1 is 1.37 bits per heavy atom. The normalized spacial score (nSPS) is 25.6. The molecule has 2 aliphatic heterocycles. The molecule has 0 aliphatic carbocycles. The predicted molar refractivity (Wildman–Crippen MR) is 75.7 cm³/mol. The maximum Gasteiger partial charge on any atom is 0.119 e. The molecule has 1 aromatic rings. The zero-order valence-electron chi connectivity index (χ0n) is 11.7. The van der Waals surface area contributed by atoms with Crippen molar-refractivity contribution in [1.82, 2.24) is 5.32 Å². The van der Waals surface area contributed by atoms with Crippen LogP contribution in [0.15, 0.2) is 24.3 Å². The second-order valence-corrected chi connectivity index (χ2v) is 5.66. The number of rotatable bonds is 3. The molecule has 0 aromatic heterocycles. The van der Waals surface area contributed by atoms with E-state index in [9.17, 15) is 0 Å². The lowest BCUT2D eigenvalue weighted by molar-refractivity contribution is 0.0165. The van der Waals surface area contributed by atoms with Crippen LogP contribution < -0.4 is 10.1 Å². The van der Waals surface area contributed by atoms with Gasteiger partial charge in [-0.1, -0.05) is 12.1 Å². The highest BCUT2D eigenvalue weighted by atomic mass is 16.5. The third kappa shape index (κ3) is 2.49. The highest BCUT2D eigenvalue weighted by Crippen LogP contribution is 2.46. The van der Waals surface area contributed by atoms with E-state index in [2.05, 4.69) is 23.5 Å². The van der Waals surface area contributed by atoms with E-state index in [4.69, 9.17) is 9.47 Å². The summed E-state index contributed by atoms with van der Waals surface area (Å²) in [6.45, 7) is 6.78. The number of benzene rings is 1. The van der Waals surface area contributed by atoms with Gasteiger partial charge in [0.05, 0.1) is 6.61 Å². The second kappa shape index (κ2) is 5.51. The fourth-order valence-electron chi connectivity index (χ4n) is 3.57. The summed E-state index contributed by atoms with van der Waals surface area (Å²) in [7, 11) is 0. The van der Waals surface area contributed by atoms with E-state index in [0.29, 0.717) is 11.3 Å². The number of hydrogen-bond donors (Lipinski definition) is 1. The molecule has 2 aliphatic rings. The SMILES string of the molecule is CCOc1cccc(C2CNCC23CCOCC3)c1. The first-order chi connectivity index (χ1) is 9.34. The number of nitrogens with one attached hydrogen (secondary N) is 1. The summed E-state index contributed by atoms with van der Waals surface area (Å²) < 4.78 is 11.2.